The maximum atomic E-state index is 5.91. The number of rotatable bonds is 4. The van der Waals surface area contributed by atoms with Gasteiger partial charge in [0.25, 0.3) is 0 Å². The zero-order valence-corrected chi connectivity index (χ0v) is 12.8. The summed E-state index contributed by atoms with van der Waals surface area (Å²) < 4.78 is 2.67. The second-order valence-corrected chi connectivity index (χ2v) is 5.44. The van der Waals surface area contributed by atoms with Crippen molar-refractivity contribution >= 4 is 27.8 Å². The Labute approximate surface area is 130 Å². The van der Waals surface area contributed by atoms with Crippen LogP contribution in [0.4, 0.5) is 11.9 Å². The highest BCUT2D eigenvalue weighted by molar-refractivity contribution is 9.10. The summed E-state index contributed by atoms with van der Waals surface area (Å²) in [5.41, 5.74) is 7.94. The van der Waals surface area contributed by atoms with E-state index in [-0.39, 0.29) is 0 Å². The van der Waals surface area contributed by atoms with Crippen molar-refractivity contribution in [2.45, 2.75) is 6.54 Å². The molecule has 0 spiro atoms. The van der Waals surface area contributed by atoms with Crippen LogP contribution in [0.15, 0.2) is 59.1 Å². The number of para-hydroxylation sites is 1. The average molecular weight is 344 g/mol. The lowest BCUT2D eigenvalue weighted by Crippen LogP contribution is -2.03. The first kappa shape index (κ1) is 13.6. The Balaban J connectivity index is 1.74. The molecule has 3 N–H and O–H groups in total. The number of nitrogen functional groups attached to an aromatic ring is 1. The normalized spacial score (nSPS) is 10.5. The van der Waals surface area contributed by atoms with Crippen LogP contribution in [-0.4, -0.2) is 14.8 Å². The largest absolute Gasteiger partial charge is 0.368 e. The minimum atomic E-state index is 0.361. The number of nitrogens with zero attached hydrogens (tertiary/aromatic N) is 3. The van der Waals surface area contributed by atoms with Crippen molar-refractivity contribution in [3.05, 3.63) is 64.6 Å². The molecule has 0 radical (unpaired) electrons. The Hall–Kier alpha value is -2.34. The van der Waals surface area contributed by atoms with Gasteiger partial charge in [0.2, 0.25) is 11.9 Å². The predicted molar refractivity (Wildman–Crippen MR) is 87.2 cm³/mol. The van der Waals surface area contributed by atoms with Gasteiger partial charge in [-0.15, -0.1) is 5.10 Å². The van der Waals surface area contributed by atoms with Crippen LogP contribution < -0.4 is 11.1 Å². The van der Waals surface area contributed by atoms with E-state index in [2.05, 4.69) is 31.3 Å². The predicted octanol–water partition coefficient (Wildman–Crippen LogP) is 3.22. The van der Waals surface area contributed by atoms with Gasteiger partial charge in [0.1, 0.15) is 0 Å². The summed E-state index contributed by atoms with van der Waals surface area (Å²) in [5, 5.41) is 7.55. The molecule has 1 heterocycles. The molecule has 0 fully saturated rings. The van der Waals surface area contributed by atoms with Crippen molar-refractivity contribution < 1.29 is 0 Å². The van der Waals surface area contributed by atoms with Gasteiger partial charge >= 0.3 is 0 Å². The number of hydrogen-bond acceptors (Lipinski definition) is 4. The van der Waals surface area contributed by atoms with Gasteiger partial charge in [0.05, 0.1) is 5.69 Å². The van der Waals surface area contributed by atoms with Gasteiger partial charge < -0.3 is 11.1 Å². The molecule has 3 rings (SSSR count). The molecule has 3 aromatic rings. The van der Waals surface area contributed by atoms with E-state index >= 15 is 0 Å². The lowest BCUT2D eigenvalue weighted by molar-refractivity contribution is 0.887. The standard InChI is InChI=1S/C15H14BrN5/c16-12-8-6-11(7-9-12)10-18-15-19-14(17)21(20-15)13-4-2-1-3-5-13/h1-9H,10H2,(H3,17,18,19,20). The molecule has 0 atom stereocenters. The van der Waals surface area contributed by atoms with Gasteiger partial charge in [-0.3, -0.25) is 0 Å². The zero-order valence-electron chi connectivity index (χ0n) is 11.2. The summed E-state index contributed by atoms with van der Waals surface area (Å²) in [4.78, 5) is 4.23. The fraction of sp³-hybridized carbons (Fsp3) is 0.0667. The monoisotopic (exact) mass is 343 g/mol. The molecule has 0 saturated carbocycles. The van der Waals surface area contributed by atoms with Crippen molar-refractivity contribution in [3.63, 3.8) is 0 Å². The molecule has 0 aliphatic rings. The first-order chi connectivity index (χ1) is 10.2. The molecule has 6 heteroatoms. The van der Waals surface area contributed by atoms with E-state index < -0.39 is 0 Å². The van der Waals surface area contributed by atoms with Gasteiger partial charge in [-0.2, -0.15) is 9.67 Å². The highest BCUT2D eigenvalue weighted by Crippen LogP contribution is 2.15. The zero-order chi connectivity index (χ0) is 14.7. The molecule has 1 aromatic heterocycles. The summed E-state index contributed by atoms with van der Waals surface area (Å²) >= 11 is 3.42. The second kappa shape index (κ2) is 5.97. The Morgan fingerprint density at radius 1 is 1.05 bits per heavy atom. The number of anilines is 2. The number of nitrogens with one attached hydrogen (secondary N) is 1. The van der Waals surface area contributed by atoms with E-state index in [1.807, 2.05) is 54.6 Å². The second-order valence-electron chi connectivity index (χ2n) is 4.52. The summed E-state index contributed by atoms with van der Waals surface area (Å²) in [6.07, 6.45) is 0. The fourth-order valence-electron chi connectivity index (χ4n) is 1.94. The number of aromatic nitrogens is 3. The van der Waals surface area contributed by atoms with Crippen LogP contribution >= 0.6 is 15.9 Å². The summed E-state index contributed by atoms with van der Waals surface area (Å²) in [5.74, 6) is 0.874. The molecular weight excluding hydrogens is 330 g/mol. The smallest absolute Gasteiger partial charge is 0.244 e. The van der Waals surface area contributed by atoms with E-state index in [0.29, 0.717) is 18.4 Å². The third kappa shape index (κ3) is 3.22. The van der Waals surface area contributed by atoms with Crippen LogP contribution in [0.1, 0.15) is 5.56 Å². The van der Waals surface area contributed by atoms with Crippen LogP contribution in [-0.2, 0) is 6.54 Å². The maximum Gasteiger partial charge on any atom is 0.244 e. The van der Waals surface area contributed by atoms with E-state index in [1.54, 1.807) is 4.68 Å². The third-order valence-electron chi connectivity index (χ3n) is 3.00. The summed E-state index contributed by atoms with van der Waals surface area (Å²) in [7, 11) is 0. The quantitative estimate of drug-likeness (QED) is 0.763. The van der Waals surface area contributed by atoms with Crippen molar-refractivity contribution in [1.29, 1.82) is 0 Å². The molecule has 0 unspecified atom stereocenters. The fourth-order valence-corrected chi connectivity index (χ4v) is 2.21. The van der Waals surface area contributed by atoms with Crippen molar-refractivity contribution in [2.75, 3.05) is 11.1 Å². The minimum absolute atomic E-state index is 0.361. The molecule has 2 aromatic carbocycles. The van der Waals surface area contributed by atoms with E-state index in [4.69, 9.17) is 5.73 Å². The SMILES string of the molecule is Nc1nc(NCc2ccc(Br)cc2)nn1-c1ccccc1. The highest BCUT2D eigenvalue weighted by atomic mass is 79.9. The molecule has 106 valence electrons. The first-order valence-electron chi connectivity index (χ1n) is 6.48. The number of halogens is 1. The molecule has 0 aliphatic carbocycles. The Kier molecular flexibility index (Phi) is 3.87. The Bertz CT molecular complexity index is 722. The Morgan fingerprint density at radius 2 is 1.76 bits per heavy atom. The minimum Gasteiger partial charge on any atom is -0.368 e. The van der Waals surface area contributed by atoms with E-state index in [9.17, 15) is 0 Å². The van der Waals surface area contributed by atoms with Crippen LogP contribution in [0.2, 0.25) is 0 Å². The highest BCUT2D eigenvalue weighted by Gasteiger charge is 2.08. The molecule has 21 heavy (non-hydrogen) atoms. The van der Waals surface area contributed by atoms with E-state index in [1.165, 1.54) is 0 Å². The molecule has 5 nitrogen and oxygen atoms in total. The molecule has 0 bridgehead atoms. The van der Waals surface area contributed by atoms with Gasteiger partial charge in [-0.1, -0.05) is 46.3 Å². The van der Waals surface area contributed by atoms with Gasteiger partial charge in [0.15, 0.2) is 0 Å². The van der Waals surface area contributed by atoms with Crippen molar-refractivity contribution in [2.24, 2.45) is 0 Å². The molecular formula is C15H14BrN5. The van der Waals surface area contributed by atoms with Crippen LogP contribution in [0.25, 0.3) is 5.69 Å². The van der Waals surface area contributed by atoms with Gasteiger partial charge in [-0.05, 0) is 29.8 Å². The summed E-state index contributed by atoms with van der Waals surface area (Å²) in [6, 6.07) is 17.8. The molecule has 0 aliphatic heterocycles. The van der Waals surface area contributed by atoms with Crippen molar-refractivity contribution in [1.82, 2.24) is 14.8 Å². The van der Waals surface area contributed by atoms with Crippen LogP contribution in [0, 0.1) is 0 Å². The topological polar surface area (TPSA) is 68.8 Å². The van der Waals surface area contributed by atoms with E-state index in [0.717, 1.165) is 15.7 Å². The lowest BCUT2D eigenvalue weighted by Gasteiger charge is -2.02. The molecule has 0 amide bonds. The number of hydrogen-bond donors (Lipinski definition) is 2. The number of nitrogens with two attached hydrogens (primary N) is 1. The first-order valence-corrected chi connectivity index (χ1v) is 7.28. The lowest BCUT2D eigenvalue weighted by atomic mass is 10.2. The van der Waals surface area contributed by atoms with Crippen molar-refractivity contribution in [3.8, 4) is 5.69 Å². The summed E-state index contributed by atoms with van der Waals surface area (Å²) in [6.45, 7) is 0.644. The maximum absolute atomic E-state index is 5.91. The number of benzene rings is 2. The van der Waals surface area contributed by atoms with Gasteiger partial charge in [0, 0.05) is 11.0 Å². The van der Waals surface area contributed by atoms with Gasteiger partial charge in [-0.25, -0.2) is 0 Å². The Morgan fingerprint density at radius 3 is 2.48 bits per heavy atom. The average Bonchev–Trinajstić information content (AvgIpc) is 2.89. The third-order valence-corrected chi connectivity index (χ3v) is 3.53. The van der Waals surface area contributed by atoms with Crippen LogP contribution in [0.3, 0.4) is 0 Å². The van der Waals surface area contributed by atoms with Crippen LogP contribution in [0.5, 0.6) is 0 Å². The molecule has 0 saturated heterocycles.